The van der Waals surface area contributed by atoms with Gasteiger partial charge in [-0.2, -0.15) is 0 Å². The van der Waals surface area contributed by atoms with E-state index in [4.69, 9.17) is 6.42 Å². The molecule has 2 aliphatic heterocycles. The maximum atomic E-state index is 9.62. The molecule has 2 heterocycles. The normalized spacial score (nSPS) is 37.0. The molecule has 2 bridgehead atoms. The van der Waals surface area contributed by atoms with Gasteiger partial charge in [0.2, 0.25) is 0 Å². The van der Waals surface area contributed by atoms with E-state index in [1.54, 1.807) is 0 Å². The number of hydrogen-bond acceptors (Lipinski definition) is 2. The first-order valence-electron chi connectivity index (χ1n) is 5.68. The molecule has 2 heteroatoms. The zero-order valence-electron chi connectivity index (χ0n) is 8.65. The molecule has 78 valence electrons. The van der Waals surface area contributed by atoms with Crippen molar-refractivity contribution in [3.8, 4) is 12.3 Å². The Bertz CT molecular complexity index is 219. The summed E-state index contributed by atoms with van der Waals surface area (Å²) in [6, 6.07) is 1.28. The van der Waals surface area contributed by atoms with E-state index in [1.165, 1.54) is 12.8 Å². The molecule has 2 fully saturated rings. The molecule has 2 rings (SSSR count). The number of hydrogen-bond donors (Lipinski definition) is 1. The van der Waals surface area contributed by atoms with Crippen LogP contribution in [-0.2, 0) is 0 Å². The van der Waals surface area contributed by atoms with Crippen LogP contribution in [0.5, 0.6) is 0 Å². The highest BCUT2D eigenvalue weighted by Crippen LogP contribution is 2.35. The maximum Gasteiger partial charge on any atom is 0.0570 e. The number of aliphatic hydroxyl groups excluding tert-OH is 1. The topological polar surface area (TPSA) is 23.5 Å². The predicted octanol–water partition coefficient (Wildman–Crippen LogP) is 1.39. The summed E-state index contributed by atoms with van der Waals surface area (Å²) in [5, 5.41) is 9.62. The Kier molecular flexibility index (Phi) is 3.10. The van der Waals surface area contributed by atoms with Gasteiger partial charge in [-0.15, -0.1) is 12.3 Å². The van der Waals surface area contributed by atoms with Gasteiger partial charge in [-0.1, -0.05) is 0 Å². The van der Waals surface area contributed by atoms with Crippen LogP contribution in [0.25, 0.3) is 0 Å². The van der Waals surface area contributed by atoms with Crippen LogP contribution in [0.4, 0.5) is 0 Å². The van der Waals surface area contributed by atoms with Crippen LogP contribution in [0.3, 0.4) is 0 Å². The Balaban J connectivity index is 1.85. The summed E-state index contributed by atoms with van der Waals surface area (Å²) in [6.45, 7) is 1.13. The maximum absolute atomic E-state index is 9.62. The number of piperidine rings is 1. The van der Waals surface area contributed by atoms with Crippen molar-refractivity contribution in [2.75, 3.05) is 6.54 Å². The first kappa shape index (κ1) is 10.0. The number of nitrogens with zero attached hydrogens (tertiary/aromatic N) is 1. The number of aliphatic hydroxyl groups is 1. The minimum absolute atomic E-state index is 0.0450. The minimum atomic E-state index is -0.0450. The van der Waals surface area contributed by atoms with Gasteiger partial charge in [-0.3, -0.25) is 4.90 Å². The molecule has 2 aliphatic rings. The number of unbranched alkanes of at least 4 members (excludes halogenated alkanes) is 1. The van der Waals surface area contributed by atoms with E-state index < -0.39 is 0 Å². The van der Waals surface area contributed by atoms with Crippen LogP contribution in [0.2, 0.25) is 0 Å². The zero-order valence-corrected chi connectivity index (χ0v) is 8.65. The summed E-state index contributed by atoms with van der Waals surface area (Å²) in [5.41, 5.74) is 0. The van der Waals surface area contributed by atoms with E-state index in [0.29, 0.717) is 12.1 Å². The first-order valence-corrected chi connectivity index (χ1v) is 5.68. The van der Waals surface area contributed by atoms with Gasteiger partial charge in [0.15, 0.2) is 0 Å². The second-order valence-electron chi connectivity index (χ2n) is 4.56. The summed E-state index contributed by atoms with van der Waals surface area (Å²) in [6.07, 6.45) is 11.7. The third kappa shape index (κ3) is 1.94. The molecule has 0 amide bonds. The van der Waals surface area contributed by atoms with Crippen molar-refractivity contribution in [1.29, 1.82) is 0 Å². The van der Waals surface area contributed by atoms with Crippen LogP contribution >= 0.6 is 0 Å². The fraction of sp³-hybridized carbons (Fsp3) is 0.833. The van der Waals surface area contributed by atoms with Gasteiger partial charge < -0.3 is 5.11 Å². The van der Waals surface area contributed by atoms with Gasteiger partial charge >= 0.3 is 0 Å². The van der Waals surface area contributed by atoms with Crippen LogP contribution < -0.4 is 0 Å². The lowest BCUT2D eigenvalue weighted by Gasteiger charge is -2.37. The fourth-order valence-electron chi connectivity index (χ4n) is 2.97. The van der Waals surface area contributed by atoms with Gasteiger partial charge in [-0.25, -0.2) is 0 Å². The number of rotatable bonds is 3. The summed E-state index contributed by atoms with van der Waals surface area (Å²) >= 11 is 0. The SMILES string of the molecule is C#CCCCN1C2CCC1CC(O)C2. The van der Waals surface area contributed by atoms with Crippen molar-refractivity contribution in [3.05, 3.63) is 0 Å². The molecule has 0 aromatic rings. The van der Waals surface area contributed by atoms with E-state index in [-0.39, 0.29) is 6.10 Å². The van der Waals surface area contributed by atoms with Crippen LogP contribution in [0, 0.1) is 12.3 Å². The molecule has 2 unspecified atom stereocenters. The highest BCUT2D eigenvalue weighted by atomic mass is 16.3. The van der Waals surface area contributed by atoms with Crippen LogP contribution in [0.15, 0.2) is 0 Å². The third-order valence-electron chi connectivity index (χ3n) is 3.60. The quantitative estimate of drug-likeness (QED) is 0.541. The van der Waals surface area contributed by atoms with Gasteiger partial charge in [0, 0.05) is 18.5 Å². The predicted molar refractivity (Wildman–Crippen MR) is 56.8 cm³/mol. The van der Waals surface area contributed by atoms with E-state index in [9.17, 15) is 5.11 Å². The van der Waals surface area contributed by atoms with Crippen molar-refractivity contribution in [1.82, 2.24) is 4.90 Å². The molecule has 0 radical (unpaired) electrons. The monoisotopic (exact) mass is 193 g/mol. The second-order valence-corrected chi connectivity index (χ2v) is 4.56. The van der Waals surface area contributed by atoms with Crippen molar-refractivity contribution >= 4 is 0 Å². The largest absolute Gasteiger partial charge is 0.393 e. The average molecular weight is 193 g/mol. The molecule has 0 aliphatic carbocycles. The Labute approximate surface area is 86.3 Å². The van der Waals surface area contributed by atoms with E-state index in [2.05, 4.69) is 10.8 Å². The van der Waals surface area contributed by atoms with E-state index in [0.717, 1.165) is 32.2 Å². The lowest BCUT2D eigenvalue weighted by atomic mass is 9.99. The average Bonchev–Trinajstić information content (AvgIpc) is 2.42. The Morgan fingerprint density at radius 3 is 2.50 bits per heavy atom. The smallest absolute Gasteiger partial charge is 0.0570 e. The summed E-state index contributed by atoms with van der Waals surface area (Å²) < 4.78 is 0. The Morgan fingerprint density at radius 2 is 1.93 bits per heavy atom. The molecule has 0 saturated carbocycles. The van der Waals surface area contributed by atoms with Gasteiger partial charge in [-0.05, 0) is 38.6 Å². The van der Waals surface area contributed by atoms with Crippen molar-refractivity contribution in [2.45, 2.75) is 56.7 Å². The highest BCUT2D eigenvalue weighted by Gasteiger charge is 2.39. The lowest BCUT2D eigenvalue weighted by Crippen LogP contribution is -2.44. The van der Waals surface area contributed by atoms with Crippen molar-refractivity contribution < 1.29 is 5.11 Å². The third-order valence-corrected chi connectivity index (χ3v) is 3.60. The molecule has 2 nitrogen and oxygen atoms in total. The Morgan fingerprint density at radius 1 is 1.29 bits per heavy atom. The summed E-state index contributed by atoms with van der Waals surface area (Å²) in [5.74, 6) is 2.69. The van der Waals surface area contributed by atoms with Gasteiger partial charge in [0.1, 0.15) is 0 Å². The molecule has 14 heavy (non-hydrogen) atoms. The molecule has 1 N–H and O–H groups in total. The van der Waals surface area contributed by atoms with E-state index >= 15 is 0 Å². The highest BCUT2D eigenvalue weighted by molar-refractivity contribution is 4.95. The van der Waals surface area contributed by atoms with Crippen molar-refractivity contribution in [3.63, 3.8) is 0 Å². The van der Waals surface area contributed by atoms with Gasteiger partial charge in [0.25, 0.3) is 0 Å². The number of fused-ring (bicyclic) bond motifs is 2. The summed E-state index contributed by atoms with van der Waals surface area (Å²) in [7, 11) is 0. The number of terminal acetylenes is 1. The lowest BCUT2D eigenvalue weighted by molar-refractivity contribution is 0.0352. The standard InChI is InChI=1S/C12H19NO/c1-2-3-4-7-13-10-5-6-11(13)9-12(14)8-10/h1,10-12,14H,3-9H2. The zero-order chi connectivity index (χ0) is 9.97. The molecule has 0 spiro atoms. The Hall–Kier alpha value is -0.520. The fourth-order valence-corrected chi connectivity index (χ4v) is 2.97. The molecule has 2 atom stereocenters. The molecule has 2 saturated heterocycles. The first-order chi connectivity index (χ1) is 6.81. The molecule has 0 aromatic heterocycles. The summed E-state index contributed by atoms with van der Waals surface area (Å²) in [4.78, 5) is 2.57. The minimum Gasteiger partial charge on any atom is -0.393 e. The van der Waals surface area contributed by atoms with Gasteiger partial charge in [0.05, 0.1) is 6.10 Å². The molecular weight excluding hydrogens is 174 g/mol. The van der Waals surface area contributed by atoms with Crippen LogP contribution in [-0.4, -0.2) is 34.7 Å². The molecule has 0 aromatic carbocycles. The molecular formula is C12H19NO. The second kappa shape index (κ2) is 4.33. The van der Waals surface area contributed by atoms with E-state index in [1.807, 2.05) is 0 Å². The van der Waals surface area contributed by atoms with Crippen molar-refractivity contribution in [2.24, 2.45) is 0 Å². The van der Waals surface area contributed by atoms with Crippen LogP contribution in [0.1, 0.15) is 38.5 Å².